The largest absolute Gasteiger partial charge is 0.508 e. The van der Waals surface area contributed by atoms with Crippen LogP contribution in [0.3, 0.4) is 0 Å². The first kappa shape index (κ1) is 28.1. The van der Waals surface area contributed by atoms with Gasteiger partial charge in [0, 0.05) is 13.1 Å². The maximum absolute atomic E-state index is 12.8. The van der Waals surface area contributed by atoms with Crippen molar-refractivity contribution in [3.63, 3.8) is 0 Å². The van der Waals surface area contributed by atoms with Crippen LogP contribution in [0.4, 0.5) is 0 Å². The molecule has 0 aromatic heterocycles. The zero-order valence-electron chi connectivity index (χ0n) is 19.3. The van der Waals surface area contributed by atoms with Gasteiger partial charge in [0.05, 0.1) is 5.92 Å². The molecular weight excluding hydrogens is 424 g/mol. The summed E-state index contributed by atoms with van der Waals surface area (Å²) in [5.41, 5.74) is 2.16. The Bertz CT molecular complexity index is 907. The number of aliphatic carboxylic acids is 1. The fourth-order valence-corrected chi connectivity index (χ4v) is 4.53. The molecule has 0 aliphatic carbocycles. The molecule has 182 valence electrons. The van der Waals surface area contributed by atoms with E-state index in [4.69, 9.17) is 5.11 Å². The summed E-state index contributed by atoms with van der Waals surface area (Å²) in [5, 5.41) is 21.4. The van der Waals surface area contributed by atoms with Gasteiger partial charge in [-0.2, -0.15) is 0 Å². The lowest BCUT2D eigenvalue weighted by Gasteiger charge is -2.45. The molecule has 1 fully saturated rings. The van der Waals surface area contributed by atoms with E-state index >= 15 is 0 Å². The Balaban J connectivity index is 0.00000272. The lowest BCUT2D eigenvalue weighted by atomic mass is 9.68. The normalized spacial score (nSPS) is 21.2. The van der Waals surface area contributed by atoms with Crippen molar-refractivity contribution in [1.82, 2.24) is 10.2 Å². The summed E-state index contributed by atoms with van der Waals surface area (Å²) in [5.74, 6) is -0.964. The van der Waals surface area contributed by atoms with E-state index in [9.17, 15) is 14.7 Å². The van der Waals surface area contributed by atoms with E-state index in [1.165, 1.54) is 0 Å². The van der Waals surface area contributed by atoms with E-state index in [0.717, 1.165) is 30.6 Å². The first-order valence-electron chi connectivity index (χ1n) is 10.8. The molecule has 1 aliphatic heterocycles. The summed E-state index contributed by atoms with van der Waals surface area (Å²) in [4.78, 5) is 26.0. The smallest absolute Gasteiger partial charge is 0.322 e. The molecule has 8 nitrogen and oxygen atoms in total. The molecular formula is C25H36N2O6. The predicted molar refractivity (Wildman–Crippen MR) is 127 cm³/mol. The lowest BCUT2D eigenvalue weighted by molar-refractivity contribution is -0.138. The van der Waals surface area contributed by atoms with Gasteiger partial charge in [-0.25, -0.2) is 0 Å². The Morgan fingerprint density at radius 3 is 2.45 bits per heavy atom. The molecule has 0 spiro atoms. The SMILES string of the molecule is C[C@H]1CN(CC(Cc2ccccc2)C(=O)NCC(=O)O)CC[C@@]1(C)c1cccc(O)c1.O.O. The van der Waals surface area contributed by atoms with Crippen molar-refractivity contribution < 1.29 is 30.8 Å². The third-order valence-electron chi connectivity index (χ3n) is 6.66. The molecule has 1 saturated heterocycles. The van der Waals surface area contributed by atoms with E-state index in [1.54, 1.807) is 6.07 Å². The van der Waals surface area contributed by atoms with Crippen LogP contribution in [0.25, 0.3) is 0 Å². The Morgan fingerprint density at radius 2 is 1.85 bits per heavy atom. The molecule has 3 atom stereocenters. The zero-order chi connectivity index (χ0) is 22.4. The van der Waals surface area contributed by atoms with Crippen LogP contribution in [-0.2, 0) is 21.4 Å². The van der Waals surface area contributed by atoms with Gasteiger partial charge >= 0.3 is 5.97 Å². The molecule has 3 rings (SSSR count). The van der Waals surface area contributed by atoms with Crippen LogP contribution in [0.2, 0.25) is 0 Å². The fraction of sp³-hybridized carbons (Fsp3) is 0.440. The van der Waals surface area contributed by atoms with Crippen molar-refractivity contribution in [2.75, 3.05) is 26.2 Å². The van der Waals surface area contributed by atoms with Crippen LogP contribution >= 0.6 is 0 Å². The van der Waals surface area contributed by atoms with E-state index in [1.807, 2.05) is 42.5 Å². The number of carboxylic acids is 1. The maximum Gasteiger partial charge on any atom is 0.322 e. The number of benzene rings is 2. The van der Waals surface area contributed by atoms with Crippen molar-refractivity contribution in [3.05, 3.63) is 65.7 Å². The topological polar surface area (TPSA) is 153 Å². The summed E-state index contributed by atoms with van der Waals surface area (Å²) in [7, 11) is 0. The second-order valence-corrected chi connectivity index (χ2v) is 8.88. The quantitative estimate of drug-likeness (QED) is 0.543. The van der Waals surface area contributed by atoms with E-state index in [0.29, 0.717) is 18.9 Å². The fourth-order valence-electron chi connectivity index (χ4n) is 4.53. The molecule has 8 heteroatoms. The minimum Gasteiger partial charge on any atom is -0.508 e. The number of amides is 1. The molecule has 33 heavy (non-hydrogen) atoms. The lowest BCUT2D eigenvalue weighted by Crippen LogP contribution is -2.50. The Hall–Kier alpha value is -2.94. The molecule has 0 bridgehead atoms. The zero-order valence-corrected chi connectivity index (χ0v) is 19.3. The van der Waals surface area contributed by atoms with E-state index in [2.05, 4.69) is 30.1 Å². The van der Waals surface area contributed by atoms with Crippen LogP contribution in [0, 0.1) is 11.8 Å². The number of hydrogen-bond acceptors (Lipinski definition) is 4. The van der Waals surface area contributed by atoms with E-state index in [-0.39, 0.29) is 40.5 Å². The number of likely N-dealkylation sites (tertiary alicyclic amines) is 1. The number of aromatic hydroxyl groups is 1. The number of phenols is 1. The number of carbonyl (C=O) groups is 2. The van der Waals surface area contributed by atoms with Crippen LogP contribution in [0.5, 0.6) is 5.75 Å². The molecule has 1 aliphatic rings. The highest BCUT2D eigenvalue weighted by Crippen LogP contribution is 2.40. The molecule has 1 unspecified atom stereocenters. The van der Waals surface area contributed by atoms with Gasteiger partial charge in [-0.15, -0.1) is 0 Å². The second-order valence-electron chi connectivity index (χ2n) is 8.88. The van der Waals surface area contributed by atoms with Gasteiger partial charge in [0.2, 0.25) is 5.91 Å². The molecule has 0 radical (unpaired) electrons. The van der Waals surface area contributed by atoms with Gasteiger partial charge in [-0.3, -0.25) is 9.59 Å². The standard InChI is InChI=1S/C25H32N2O4.2H2O/c1-18-16-27(12-11-25(18,2)21-9-6-10-22(28)14-21)17-20(24(31)26-15-23(29)30)13-19-7-4-3-5-8-19;;/h3-10,14,18,20,28H,11-13,15-17H2,1-2H3,(H,26,31)(H,29,30);2*1H2/t18-,20?,25+;;/m0../s1. The number of phenolic OH excluding ortho intramolecular Hbond substituents is 1. The van der Waals surface area contributed by atoms with Gasteiger partial charge < -0.3 is 31.4 Å². The summed E-state index contributed by atoms with van der Waals surface area (Å²) < 4.78 is 0. The van der Waals surface area contributed by atoms with Crippen LogP contribution < -0.4 is 5.32 Å². The third-order valence-corrected chi connectivity index (χ3v) is 6.66. The first-order valence-corrected chi connectivity index (χ1v) is 10.8. The van der Waals surface area contributed by atoms with Gasteiger partial charge in [-0.1, -0.05) is 56.3 Å². The monoisotopic (exact) mass is 460 g/mol. The molecule has 7 N–H and O–H groups in total. The van der Waals surface area contributed by atoms with Crippen LogP contribution in [0.15, 0.2) is 54.6 Å². The number of carboxylic acid groups (broad SMARTS) is 1. The van der Waals surface area contributed by atoms with E-state index < -0.39 is 5.97 Å². The number of rotatable bonds is 8. The third kappa shape index (κ3) is 7.28. The van der Waals surface area contributed by atoms with Gasteiger partial charge in [0.25, 0.3) is 0 Å². The number of piperidine rings is 1. The van der Waals surface area contributed by atoms with Crippen molar-refractivity contribution in [2.45, 2.75) is 32.1 Å². The number of nitrogens with zero attached hydrogens (tertiary/aromatic N) is 1. The summed E-state index contributed by atoms with van der Waals surface area (Å²) >= 11 is 0. The highest BCUT2D eigenvalue weighted by Gasteiger charge is 2.39. The number of carbonyl (C=O) groups excluding carboxylic acids is 1. The predicted octanol–water partition coefficient (Wildman–Crippen LogP) is 1.40. The summed E-state index contributed by atoms with van der Waals surface area (Å²) in [6.45, 7) is 6.35. The molecule has 1 heterocycles. The van der Waals surface area contributed by atoms with Gasteiger partial charge in [-0.05, 0) is 54.0 Å². The highest BCUT2D eigenvalue weighted by molar-refractivity contribution is 5.83. The highest BCUT2D eigenvalue weighted by atomic mass is 16.4. The molecule has 2 aromatic rings. The average Bonchev–Trinajstić information content (AvgIpc) is 2.75. The van der Waals surface area contributed by atoms with Gasteiger partial charge in [0.1, 0.15) is 12.3 Å². The minimum absolute atomic E-state index is 0. The van der Waals surface area contributed by atoms with Crippen molar-refractivity contribution >= 4 is 11.9 Å². The molecule has 0 saturated carbocycles. The average molecular weight is 461 g/mol. The second kappa shape index (κ2) is 12.3. The van der Waals surface area contributed by atoms with Crippen molar-refractivity contribution in [3.8, 4) is 5.75 Å². The van der Waals surface area contributed by atoms with Crippen molar-refractivity contribution in [1.29, 1.82) is 0 Å². The maximum atomic E-state index is 12.8. The summed E-state index contributed by atoms with van der Waals surface area (Å²) in [6.07, 6.45) is 1.49. The van der Waals surface area contributed by atoms with Gasteiger partial charge in [0.15, 0.2) is 0 Å². The Labute approximate surface area is 194 Å². The minimum atomic E-state index is -1.04. The summed E-state index contributed by atoms with van der Waals surface area (Å²) in [6, 6.07) is 17.3. The molecule has 1 amide bonds. The first-order chi connectivity index (χ1) is 14.8. The Kier molecular flexibility index (Phi) is 10.5. The Morgan fingerprint density at radius 1 is 1.15 bits per heavy atom. The van der Waals surface area contributed by atoms with Crippen LogP contribution in [0.1, 0.15) is 31.4 Å². The van der Waals surface area contributed by atoms with Crippen molar-refractivity contribution in [2.24, 2.45) is 11.8 Å². The number of hydrogen-bond donors (Lipinski definition) is 3. The molecule has 2 aromatic carbocycles. The van der Waals surface area contributed by atoms with Crippen LogP contribution in [-0.4, -0.2) is 64.1 Å². The number of nitrogens with one attached hydrogen (secondary N) is 1.